The number of rotatable bonds is 6. The molecule has 1 N–H and O–H groups in total. The summed E-state index contributed by atoms with van der Waals surface area (Å²) >= 11 is 0. The van der Waals surface area contributed by atoms with Crippen LogP contribution >= 0.6 is 0 Å². The topological polar surface area (TPSA) is 67.9 Å². The molecule has 0 aromatic heterocycles. The van der Waals surface area contributed by atoms with E-state index in [1.165, 1.54) is 18.9 Å². The number of nitrogens with zero attached hydrogens (tertiary/aromatic N) is 1. The molecule has 6 nitrogen and oxygen atoms in total. The molecular weight excluding hydrogens is 332 g/mol. The highest BCUT2D eigenvalue weighted by atomic mass is 16.5. The molecule has 2 rings (SSSR count). The Morgan fingerprint density at radius 3 is 2.19 bits per heavy atom. The molecule has 0 saturated heterocycles. The van der Waals surface area contributed by atoms with Crippen LogP contribution < -0.4 is 19.7 Å². The number of carbonyl (C=O) groups excluding carboxylic acids is 2. The first kappa shape index (κ1) is 19.3. The number of hydrogen-bond donors (Lipinski definition) is 1. The Balaban J connectivity index is 2.22. The van der Waals surface area contributed by atoms with Gasteiger partial charge in [0.25, 0.3) is 0 Å². The number of nitrogens with one attached hydrogen (secondary N) is 1. The number of ether oxygens (including phenoxy) is 2. The third-order valence-corrected chi connectivity index (χ3v) is 3.88. The van der Waals surface area contributed by atoms with Crippen LogP contribution in [0, 0.1) is 13.8 Å². The summed E-state index contributed by atoms with van der Waals surface area (Å²) < 4.78 is 10.4. The molecule has 0 heterocycles. The average Bonchev–Trinajstić information content (AvgIpc) is 2.58. The summed E-state index contributed by atoms with van der Waals surface area (Å²) in [6, 6.07) is 10.9. The maximum atomic E-state index is 12.5. The lowest BCUT2D eigenvalue weighted by molar-refractivity contribution is -0.120. The number of hydrogen-bond acceptors (Lipinski definition) is 4. The lowest BCUT2D eigenvalue weighted by atomic mass is 10.1. The van der Waals surface area contributed by atoms with Gasteiger partial charge >= 0.3 is 0 Å². The van der Waals surface area contributed by atoms with Gasteiger partial charge in [-0.3, -0.25) is 9.59 Å². The minimum Gasteiger partial charge on any atom is -0.497 e. The zero-order valence-corrected chi connectivity index (χ0v) is 15.8. The zero-order chi connectivity index (χ0) is 19.3. The zero-order valence-electron chi connectivity index (χ0n) is 15.8. The fraction of sp³-hybridized carbons (Fsp3) is 0.300. The van der Waals surface area contributed by atoms with E-state index >= 15 is 0 Å². The van der Waals surface area contributed by atoms with Crippen LogP contribution in [-0.4, -0.2) is 32.6 Å². The van der Waals surface area contributed by atoms with Crippen LogP contribution in [0.5, 0.6) is 11.5 Å². The van der Waals surface area contributed by atoms with Crippen molar-refractivity contribution in [1.82, 2.24) is 0 Å². The van der Waals surface area contributed by atoms with Gasteiger partial charge in [0.1, 0.15) is 18.0 Å². The van der Waals surface area contributed by atoms with E-state index in [2.05, 4.69) is 5.32 Å². The molecule has 0 saturated carbocycles. The van der Waals surface area contributed by atoms with E-state index < -0.39 is 0 Å². The average molecular weight is 356 g/mol. The first-order valence-electron chi connectivity index (χ1n) is 8.22. The van der Waals surface area contributed by atoms with Gasteiger partial charge in [-0.1, -0.05) is 6.07 Å². The SMILES string of the molecule is COc1ccc(OC)c(NC(=O)CN(C(C)=O)c2cc(C)cc(C)c2)c1. The second-order valence-electron chi connectivity index (χ2n) is 6.07. The Labute approximate surface area is 153 Å². The van der Waals surface area contributed by atoms with E-state index in [1.54, 1.807) is 25.3 Å². The molecule has 0 aliphatic rings. The van der Waals surface area contributed by atoms with Crippen molar-refractivity contribution in [3.63, 3.8) is 0 Å². The monoisotopic (exact) mass is 356 g/mol. The highest BCUT2D eigenvalue weighted by Crippen LogP contribution is 2.29. The molecule has 2 aromatic carbocycles. The summed E-state index contributed by atoms with van der Waals surface area (Å²) in [4.78, 5) is 26.1. The first-order chi connectivity index (χ1) is 12.3. The minimum absolute atomic E-state index is 0.0986. The molecule has 26 heavy (non-hydrogen) atoms. The predicted molar refractivity (Wildman–Crippen MR) is 102 cm³/mol. The maximum Gasteiger partial charge on any atom is 0.244 e. The Morgan fingerprint density at radius 1 is 1.00 bits per heavy atom. The maximum absolute atomic E-state index is 12.5. The van der Waals surface area contributed by atoms with E-state index in [4.69, 9.17) is 9.47 Å². The summed E-state index contributed by atoms with van der Waals surface area (Å²) in [5.74, 6) is 0.576. The highest BCUT2D eigenvalue weighted by Gasteiger charge is 2.18. The Bertz CT molecular complexity index is 797. The summed E-state index contributed by atoms with van der Waals surface area (Å²) in [5, 5.41) is 2.78. The molecule has 2 amide bonds. The molecule has 138 valence electrons. The molecule has 0 bridgehead atoms. The standard InChI is InChI=1S/C20H24N2O4/c1-13-8-14(2)10-16(9-13)22(15(3)23)12-20(24)21-18-11-17(25-4)6-7-19(18)26-5/h6-11H,12H2,1-5H3,(H,21,24). The van der Waals surface area contributed by atoms with E-state index in [0.29, 0.717) is 22.9 Å². The predicted octanol–water partition coefficient (Wildman–Crippen LogP) is 3.31. The van der Waals surface area contributed by atoms with Crippen molar-refractivity contribution in [2.24, 2.45) is 0 Å². The van der Waals surface area contributed by atoms with Crippen LogP contribution in [0.15, 0.2) is 36.4 Å². The van der Waals surface area contributed by atoms with Crippen molar-refractivity contribution in [3.05, 3.63) is 47.5 Å². The fourth-order valence-corrected chi connectivity index (χ4v) is 2.74. The van der Waals surface area contributed by atoms with Crippen LogP contribution in [0.4, 0.5) is 11.4 Å². The number of aryl methyl sites for hydroxylation is 2. The van der Waals surface area contributed by atoms with Crippen molar-refractivity contribution >= 4 is 23.2 Å². The van der Waals surface area contributed by atoms with Crippen molar-refractivity contribution in [2.45, 2.75) is 20.8 Å². The van der Waals surface area contributed by atoms with E-state index in [0.717, 1.165) is 11.1 Å². The lowest BCUT2D eigenvalue weighted by Gasteiger charge is -2.22. The van der Waals surface area contributed by atoms with Gasteiger partial charge in [0, 0.05) is 18.7 Å². The van der Waals surface area contributed by atoms with Gasteiger partial charge in [0.15, 0.2) is 0 Å². The summed E-state index contributed by atoms with van der Waals surface area (Å²) in [6.45, 7) is 5.25. The van der Waals surface area contributed by atoms with Crippen LogP contribution in [0.25, 0.3) is 0 Å². The smallest absolute Gasteiger partial charge is 0.244 e. The van der Waals surface area contributed by atoms with Gasteiger partial charge in [-0.15, -0.1) is 0 Å². The number of anilines is 2. The van der Waals surface area contributed by atoms with E-state index in [9.17, 15) is 9.59 Å². The van der Waals surface area contributed by atoms with E-state index in [-0.39, 0.29) is 18.4 Å². The molecule has 0 aliphatic carbocycles. The van der Waals surface area contributed by atoms with Crippen molar-refractivity contribution < 1.29 is 19.1 Å². The minimum atomic E-state index is -0.328. The van der Waals surface area contributed by atoms with Crippen LogP contribution in [-0.2, 0) is 9.59 Å². The second kappa shape index (κ2) is 8.38. The molecule has 0 radical (unpaired) electrons. The Kier molecular flexibility index (Phi) is 6.22. The van der Waals surface area contributed by atoms with Crippen LogP contribution in [0.3, 0.4) is 0 Å². The molecule has 0 atom stereocenters. The molecule has 0 unspecified atom stereocenters. The molecule has 0 fully saturated rings. The largest absolute Gasteiger partial charge is 0.497 e. The highest BCUT2D eigenvalue weighted by molar-refractivity contribution is 6.02. The van der Waals surface area contributed by atoms with Gasteiger partial charge in [-0.2, -0.15) is 0 Å². The number of benzene rings is 2. The van der Waals surface area contributed by atoms with E-state index in [1.807, 2.05) is 32.0 Å². The number of amides is 2. The van der Waals surface area contributed by atoms with Crippen molar-refractivity contribution in [3.8, 4) is 11.5 Å². The molecule has 2 aromatic rings. The third kappa shape index (κ3) is 4.75. The van der Waals surface area contributed by atoms with Crippen molar-refractivity contribution in [2.75, 3.05) is 31.0 Å². The van der Waals surface area contributed by atoms with Crippen LogP contribution in [0.1, 0.15) is 18.1 Å². The molecule has 0 aliphatic heterocycles. The van der Waals surface area contributed by atoms with Crippen LogP contribution in [0.2, 0.25) is 0 Å². The second-order valence-corrected chi connectivity index (χ2v) is 6.07. The normalized spacial score (nSPS) is 10.2. The number of methoxy groups -OCH3 is 2. The number of carbonyl (C=O) groups is 2. The van der Waals surface area contributed by atoms with Gasteiger partial charge in [0.05, 0.1) is 19.9 Å². The molecular formula is C20H24N2O4. The third-order valence-electron chi connectivity index (χ3n) is 3.88. The quantitative estimate of drug-likeness (QED) is 0.862. The summed E-state index contributed by atoms with van der Waals surface area (Å²) in [5.41, 5.74) is 3.24. The molecule has 6 heteroatoms. The summed E-state index contributed by atoms with van der Waals surface area (Å²) in [7, 11) is 3.07. The van der Waals surface area contributed by atoms with Gasteiger partial charge in [-0.05, 0) is 49.2 Å². The fourth-order valence-electron chi connectivity index (χ4n) is 2.74. The van der Waals surface area contributed by atoms with Crippen molar-refractivity contribution in [1.29, 1.82) is 0 Å². The van der Waals surface area contributed by atoms with Gasteiger partial charge in [0.2, 0.25) is 11.8 Å². The summed E-state index contributed by atoms with van der Waals surface area (Å²) in [6.07, 6.45) is 0. The first-order valence-corrected chi connectivity index (χ1v) is 8.22. The lowest BCUT2D eigenvalue weighted by Crippen LogP contribution is -2.36. The van der Waals surface area contributed by atoms with Gasteiger partial charge in [-0.25, -0.2) is 0 Å². The van der Waals surface area contributed by atoms with Gasteiger partial charge < -0.3 is 19.7 Å². The molecule has 0 spiro atoms. The Morgan fingerprint density at radius 2 is 1.65 bits per heavy atom. The Hall–Kier alpha value is -3.02.